The Morgan fingerprint density at radius 1 is 1.18 bits per heavy atom. The van der Waals surface area contributed by atoms with E-state index in [1.165, 1.54) is 25.7 Å². The highest BCUT2D eigenvalue weighted by Gasteiger charge is 1.75. The molecule has 0 heteroatoms. The van der Waals surface area contributed by atoms with Crippen molar-refractivity contribution in [3.63, 3.8) is 0 Å². The van der Waals surface area contributed by atoms with Gasteiger partial charge in [0.1, 0.15) is 0 Å². The second-order valence-electron chi connectivity index (χ2n) is 2.76. The van der Waals surface area contributed by atoms with Crippen LogP contribution in [0.3, 0.4) is 0 Å². The smallest absolute Gasteiger partial charge is 0.0404 e. The summed E-state index contributed by atoms with van der Waals surface area (Å²) in [7, 11) is 0. The quantitative estimate of drug-likeness (QED) is 0.417. The summed E-state index contributed by atoms with van der Waals surface area (Å²) in [6.07, 6.45) is 7.26. The molecule has 0 aliphatic rings. The summed E-state index contributed by atoms with van der Waals surface area (Å²) in [6.45, 7) is 13.4. The van der Waals surface area contributed by atoms with Crippen LogP contribution in [0.1, 0.15) is 46.5 Å². The van der Waals surface area contributed by atoms with Crippen LogP contribution in [0.5, 0.6) is 0 Å². The Bertz CT molecular complexity index is 86.2. The Balaban J connectivity index is 0. The van der Waals surface area contributed by atoms with Gasteiger partial charge in [-0.3, -0.25) is 0 Å². The molecule has 0 unspecified atom stereocenters. The van der Waals surface area contributed by atoms with Gasteiger partial charge < -0.3 is 0 Å². The summed E-state index contributed by atoms with van der Waals surface area (Å²) in [5.74, 6) is 0. The van der Waals surface area contributed by atoms with E-state index in [1.807, 2.05) is 6.92 Å². The van der Waals surface area contributed by atoms with Gasteiger partial charge in [-0.2, -0.15) is 0 Å². The van der Waals surface area contributed by atoms with Gasteiger partial charge in [0, 0.05) is 0 Å². The van der Waals surface area contributed by atoms with Gasteiger partial charge in [0.25, 0.3) is 0 Å². The molecule has 0 aromatic carbocycles. The highest BCUT2D eigenvalue weighted by atomic mass is 13.8. The highest BCUT2D eigenvalue weighted by molar-refractivity contribution is 5.05. The molecule has 0 saturated heterocycles. The highest BCUT2D eigenvalue weighted by Crippen LogP contribution is 1.95. The molecule has 0 bridgehead atoms. The monoisotopic (exact) mass is 154 g/mol. The van der Waals surface area contributed by atoms with Crippen molar-refractivity contribution < 1.29 is 0 Å². The van der Waals surface area contributed by atoms with Crippen molar-refractivity contribution >= 4 is 0 Å². The standard InChI is InChI=1S/C6H14.C5H8/c1-3-5-6-4-2;1-4-5(2)3/h3-6H2,1-2H3;4H,1-2H2,3H3. The molecular formula is C11H22. The number of unbranched alkanes of at least 4 members (excludes halogenated alkanes) is 3. The first-order chi connectivity index (χ1) is 5.18. The van der Waals surface area contributed by atoms with Crippen LogP contribution in [-0.4, -0.2) is 0 Å². The molecule has 0 rings (SSSR count). The molecule has 0 spiro atoms. The molecule has 0 aromatic heterocycles. The van der Waals surface area contributed by atoms with Crippen molar-refractivity contribution in [3.05, 3.63) is 24.8 Å². The summed E-state index contributed by atoms with van der Waals surface area (Å²) < 4.78 is 0. The van der Waals surface area contributed by atoms with E-state index in [-0.39, 0.29) is 0 Å². The molecule has 0 amide bonds. The molecule has 0 atom stereocenters. The topological polar surface area (TPSA) is 0 Å². The van der Waals surface area contributed by atoms with Crippen LogP contribution in [0.25, 0.3) is 0 Å². The Labute approximate surface area is 72.0 Å². The summed E-state index contributed by atoms with van der Waals surface area (Å²) in [5, 5.41) is 0. The fourth-order valence-electron chi connectivity index (χ4n) is 0.500. The van der Waals surface area contributed by atoms with Gasteiger partial charge in [-0.05, 0) is 6.92 Å². The predicted molar refractivity (Wildman–Crippen MR) is 54.8 cm³/mol. The number of allylic oxidation sites excluding steroid dienone is 2. The van der Waals surface area contributed by atoms with Gasteiger partial charge in [-0.15, -0.1) is 0 Å². The predicted octanol–water partition coefficient (Wildman–Crippen LogP) is 4.34. The summed E-state index contributed by atoms with van der Waals surface area (Å²) >= 11 is 0. The average molecular weight is 154 g/mol. The lowest BCUT2D eigenvalue weighted by Crippen LogP contribution is -1.66. The van der Waals surface area contributed by atoms with Crippen LogP contribution in [0.15, 0.2) is 24.8 Å². The molecule has 0 radical (unpaired) electrons. The van der Waals surface area contributed by atoms with E-state index in [9.17, 15) is 0 Å². The minimum Gasteiger partial charge on any atom is -0.0988 e. The first kappa shape index (κ1) is 13.1. The zero-order chi connectivity index (χ0) is 9.11. The molecule has 66 valence electrons. The normalized spacial score (nSPS) is 7.91. The minimum absolute atomic E-state index is 1.02. The first-order valence-electron chi connectivity index (χ1n) is 4.46. The van der Waals surface area contributed by atoms with E-state index in [2.05, 4.69) is 27.0 Å². The average Bonchev–Trinajstić information content (AvgIpc) is 2.02. The second kappa shape index (κ2) is 12.2. The number of hydrogen-bond acceptors (Lipinski definition) is 0. The van der Waals surface area contributed by atoms with Crippen molar-refractivity contribution in [2.45, 2.75) is 46.5 Å². The van der Waals surface area contributed by atoms with E-state index in [0.29, 0.717) is 0 Å². The fourth-order valence-corrected chi connectivity index (χ4v) is 0.500. The first-order valence-corrected chi connectivity index (χ1v) is 4.46. The summed E-state index contributed by atoms with van der Waals surface area (Å²) in [5.41, 5.74) is 1.02. The molecular weight excluding hydrogens is 132 g/mol. The van der Waals surface area contributed by atoms with Crippen molar-refractivity contribution in [2.75, 3.05) is 0 Å². The van der Waals surface area contributed by atoms with Gasteiger partial charge in [0.15, 0.2) is 0 Å². The zero-order valence-corrected chi connectivity index (χ0v) is 8.32. The lowest BCUT2D eigenvalue weighted by atomic mass is 10.2. The minimum atomic E-state index is 1.02. The Morgan fingerprint density at radius 3 is 1.55 bits per heavy atom. The lowest BCUT2D eigenvalue weighted by Gasteiger charge is -1.86. The third-order valence-electron chi connectivity index (χ3n) is 1.31. The van der Waals surface area contributed by atoms with Gasteiger partial charge in [0.2, 0.25) is 0 Å². The Morgan fingerprint density at radius 2 is 1.45 bits per heavy atom. The molecule has 0 fully saturated rings. The van der Waals surface area contributed by atoms with E-state index in [1.54, 1.807) is 6.08 Å². The van der Waals surface area contributed by atoms with Crippen molar-refractivity contribution in [1.82, 2.24) is 0 Å². The molecule has 0 aliphatic carbocycles. The van der Waals surface area contributed by atoms with E-state index in [4.69, 9.17) is 0 Å². The van der Waals surface area contributed by atoms with Gasteiger partial charge in [0.05, 0.1) is 0 Å². The van der Waals surface area contributed by atoms with Crippen molar-refractivity contribution in [1.29, 1.82) is 0 Å². The van der Waals surface area contributed by atoms with Gasteiger partial charge in [-0.1, -0.05) is 64.3 Å². The van der Waals surface area contributed by atoms with Crippen LogP contribution >= 0.6 is 0 Å². The SMILES string of the molecule is C=CC(=C)C.CCCCCC. The molecule has 0 aliphatic heterocycles. The van der Waals surface area contributed by atoms with Crippen molar-refractivity contribution in [3.8, 4) is 0 Å². The largest absolute Gasteiger partial charge is 0.0988 e. The Hall–Kier alpha value is -0.520. The van der Waals surface area contributed by atoms with Gasteiger partial charge >= 0.3 is 0 Å². The molecule has 11 heavy (non-hydrogen) atoms. The fraction of sp³-hybridized carbons (Fsp3) is 0.636. The van der Waals surface area contributed by atoms with E-state index in [0.717, 1.165) is 5.57 Å². The third-order valence-corrected chi connectivity index (χ3v) is 1.31. The Kier molecular flexibility index (Phi) is 14.5. The van der Waals surface area contributed by atoms with Crippen LogP contribution in [0, 0.1) is 0 Å². The van der Waals surface area contributed by atoms with Crippen LogP contribution in [0.2, 0.25) is 0 Å². The van der Waals surface area contributed by atoms with Gasteiger partial charge in [-0.25, -0.2) is 0 Å². The maximum absolute atomic E-state index is 3.56. The van der Waals surface area contributed by atoms with E-state index < -0.39 is 0 Å². The number of rotatable bonds is 4. The van der Waals surface area contributed by atoms with Crippen LogP contribution in [-0.2, 0) is 0 Å². The van der Waals surface area contributed by atoms with Crippen LogP contribution in [0.4, 0.5) is 0 Å². The summed E-state index contributed by atoms with van der Waals surface area (Å²) in [6, 6.07) is 0. The maximum atomic E-state index is 3.56. The molecule has 0 nitrogen and oxygen atoms in total. The van der Waals surface area contributed by atoms with E-state index >= 15 is 0 Å². The number of hydrogen-bond donors (Lipinski definition) is 0. The van der Waals surface area contributed by atoms with Crippen LogP contribution < -0.4 is 0 Å². The summed E-state index contributed by atoms with van der Waals surface area (Å²) in [4.78, 5) is 0. The maximum Gasteiger partial charge on any atom is -0.0404 e. The second-order valence-corrected chi connectivity index (χ2v) is 2.76. The molecule has 0 heterocycles. The lowest BCUT2D eigenvalue weighted by molar-refractivity contribution is 0.702. The molecule has 0 N–H and O–H groups in total. The third kappa shape index (κ3) is 26.4. The van der Waals surface area contributed by atoms with Crippen molar-refractivity contribution in [2.24, 2.45) is 0 Å². The molecule has 0 aromatic rings. The molecule has 0 saturated carbocycles. The zero-order valence-electron chi connectivity index (χ0n) is 8.32.